The summed E-state index contributed by atoms with van der Waals surface area (Å²) in [5, 5.41) is 8.36. The second-order valence-corrected chi connectivity index (χ2v) is 2.95. The number of unbranched alkanes of at least 4 members (excludes halogenated alkanes) is 1. The van der Waals surface area contributed by atoms with Crippen LogP contribution in [0, 0.1) is 23.7 Å². The van der Waals surface area contributed by atoms with Gasteiger partial charge in [0.1, 0.15) is 13.2 Å². The van der Waals surface area contributed by atoms with Crippen LogP contribution >= 0.6 is 0 Å². The van der Waals surface area contributed by atoms with Crippen molar-refractivity contribution < 1.29 is 14.6 Å². The van der Waals surface area contributed by atoms with Gasteiger partial charge in [0.2, 0.25) is 0 Å². The maximum atomic E-state index is 10.4. The van der Waals surface area contributed by atoms with Gasteiger partial charge in [0.15, 0.2) is 0 Å². The van der Waals surface area contributed by atoms with Crippen LogP contribution in [-0.4, -0.2) is 24.3 Å². The first-order valence-corrected chi connectivity index (χ1v) is 5.28. The van der Waals surface area contributed by atoms with E-state index in [0.717, 1.165) is 12.8 Å². The fourth-order valence-corrected chi connectivity index (χ4v) is 0.826. The van der Waals surface area contributed by atoms with Crippen molar-refractivity contribution in [1.82, 2.24) is 0 Å². The molecule has 0 amide bonds. The predicted octanol–water partition coefficient (Wildman–Crippen LogP) is 1.44. The van der Waals surface area contributed by atoms with Gasteiger partial charge in [0.05, 0.1) is 0 Å². The van der Waals surface area contributed by atoms with Crippen molar-refractivity contribution in [2.75, 3.05) is 13.2 Å². The Morgan fingerprint density at radius 3 is 2.59 bits per heavy atom. The molecule has 0 aliphatic rings. The van der Waals surface area contributed by atoms with Gasteiger partial charge in [-0.25, -0.2) is 0 Å². The van der Waals surface area contributed by atoms with Crippen molar-refractivity contribution in [3.8, 4) is 23.7 Å². The SMILES string of the molecule is CC(=O)OC/C=C/CCC#C/C=C\C#CCO. The molecule has 0 heterocycles. The molecule has 0 atom stereocenters. The summed E-state index contributed by atoms with van der Waals surface area (Å²) in [5.41, 5.74) is 0. The normalized spacial score (nSPS) is 9.53. The van der Waals surface area contributed by atoms with E-state index < -0.39 is 0 Å². The molecular formula is C14H16O3. The van der Waals surface area contributed by atoms with Crippen LogP contribution in [0.1, 0.15) is 19.8 Å². The second kappa shape index (κ2) is 12.1. The Hall–Kier alpha value is -1.97. The summed E-state index contributed by atoms with van der Waals surface area (Å²) >= 11 is 0. The van der Waals surface area contributed by atoms with Crippen LogP contribution < -0.4 is 0 Å². The smallest absolute Gasteiger partial charge is 0.302 e. The number of carbonyl (C=O) groups is 1. The van der Waals surface area contributed by atoms with Gasteiger partial charge in [-0.15, -0.1) is 0 Å². The molecule has 0 rings (SSSR count). The van der Waals surface area contributed by atoms with Crippen molar-refractivity contribution in [2.24, 2.45) is 0 Å². The standard InChI is InChI=1S/C14H16O3/c1-14(16)17-13-11-9-7-5-3-2-4-6-8-10-12-15/h4,6,9,11,15H,5,7,12-13H2,1H3/b6-4-,11-9+. The molecule has 0 radical (unpaired) electrons. The van der Waals surface area contributed by atoms with Crippen LogP contribution in [0.2, 0.25) is 0 Å². The Morgan fingerprint density at radius 2 is 1.94 bits per heavy atom. The van der Waals surface area contributed by atoms with Gasteiger partial charge in [0, 0.05) is 13.3 Å². The van der Waals surface area contributed by atoms with Crippen LogP contribution in [0.25, 0.3) is 0 Å². The molecule has 0 saturated heterocycles. The second-order valence-electron chi connectivity index (χ2n) is 2.95. The zero-order chi connectivity index (χ0) is 12.8. The first-order valence-electron chi connectivity index (χ1n) is 5.28. The van der Waals surface area contributed by atoms with E-state index in [1.54, 1.807) is 18.2 Å². The molecule has 3 heteroatoms. The van der Waals surface area contributed by atoms with Crippen molar-refractivity contribution in [3.63, 3.8) is 0 Å². The number of hydrogen-bond donors (Lipinski definition) is 1. The van der Waals surface area contributed by atoms with Gasteiger partial charge in [-0.05, 0) is 18.6 Å². The van der Waals surface area contributed by atoms with Gasteiger partial charge in [0.25, 0.3) is 0 Å². The van der Waals surface area contributed by atoms with Crippen molar-refractivity contribution >= 4 is 5.97 Å². The average Bonchev–Trinajstić information content (AvgIpc) is 2.30. The van der Waals surface area contributed by atoms with Gasteiger partial charge in [-0.2, -0.15) is 0 Å². The molecule has 0 aromatic carbocycles. The lowest BCUT2D eigenvalue weighted by molar-refractivity contribution is -0.139. The van der Waals surface area contributed by atoms with Gasteiger partial charge < -0.3 is 9.84 Å². The first kappa shape index (κ1) is 15.0. The molecule has 3 nitrogen and oxygen atoms in total. The van der Waals surface area contributed by atoms with Crippen LogP contribution in [-0.2, 0) is 9.53 Å². The minimum Gasteiger partial charge on any atom is -0.462 e. The number of hydrogen-bond acceptors (Lipinski definition) is 3. The van der Waals surface area contributed by atoms with Crippen molar-refractivity contribution in [2.45, 2.75) is 19.8 Å². The molecule has 0 saturated carbocycles. The zero-order valence-electron chi connectivity index (χ0n) is 9.90. The Kier molecular flexibility index (Phi) is 10.7. The summed E-state index contributed by atoms with van der Waals surface area (Å²) in [7, 11) is 0. The number of aliphatic hydroxyl groups is 1. The Morgan fingerprint density at radius 1 is 1.24 bits per heavy atom. The maximum absolute atomic E-state index is 10.4. The van der Waals surface area contributed by atoms with E-state index in [-0.39, 0.29) is 12.6 Å². The molecule has 17 heavy (non-hydrogen) atoms. The third-order valence-corrected chi connectivity index (χ3v) is 1.52. The molecule has 0 bridgehead atoms. The number of ether oxygens (including phenoxy) is 1. The molecule has 0 spiro atoms. The largest absolute Gasteiger partial charge is 0.462 e. The number of allylic oxidation sites excluding steroid dienone is 3. The molecular weight excluding hydrogens is 216 g/mol. The summed E-state index contributed by atoms with van der Waals surface area (Å²) in [5.74, 6) is 10.6. The molecule has 0 aliphatic carbocycles. The summed E-state index contributed by atoms with van der Waals surface area (Å²) in [4.78, 5) is 10.4. The van der Waals surface area contributed by atoms with E-state index in [9.17, 15) is 4.79 Å². The minimum absolute atomic E-state index is 0.134. The molecule has 0 unspecified atom stereocenters. The third kappa shape index (κ3) is 14.0. The monoisotopic (exact) mass is 232 g/mol. The van der Waals surface area contributed by atoms with Crippen molar-refractivity contribution in [1.29, 1.82) is 0 Å². The highest BCUT2D eigenvalue weighted by Gasteiger charge is 1.85. The molecule has 0 aromatic heterocycles. The Balaban J connectivity index is 3.54. The average molecular weight is 232 g/mol. The lowest BCUT2D eigenvalue weighted by atomic mass is 10.3. The molecule has 90 valence electrons. The van der Waals surface area contributed by atoms with Crippen LogP contribution in [0.5, 0.6) is 0 Å². The summed E-state index contributed by atoms with van der Waals surface area (Å²) in [6.45, 7) is 1.57. The number of aliphatic hydroxyl groups excluding tert-OH is 1. The van der Waals surface area contributed by atoms with Gasteiger partial charge in [-0.1, -0.05) is 35.8 Å². The van der Waals surface area contributed by atoms with E-state index in [0.29, 0.717) is 6.61 Å². The van der Waals surface area contributed by atoms with E-state index in [4.69, 9.17) is 9.84 Å². The number of carbonyl (C=O) groups excluding carboxylic acids is 1. The topological polar surface area (TPSA) is 46.5 Å². The van der Waals surface area contributed by atoms with Gasteiger partial charge >= 0.3 is 5.97 Å². The van der Waals surface area contributed by atoms with Crippen LogP contribution in [0.15, 0.2) is 24.3 Å². The summed E-state index contributed by atoms with van der Waals surface area (Å²) in [6, 6.07) is 0. The Labute approximate surface area is 102 Å². The fraction of sp³-hybridized carbons (Fsp3) is 0.357. The van der Waals surface area contributed by atoms with E-state index in [1.807, 2.05) is 6.08 Å². The predicted molar refractivity (Wildman–Crippen MR) is 66.8 cm³/mol. The highest BCUT2D eigenvalue weighted by molar-refractivity contribution is 5.65. The summed E-state index contributed by atoms with van der Waals surface area (Å²) < 4.78 is 4.72. The Bertz CT molecular complexity index is 383. The molecule has 0 aliphatic heterocycles. The van der Waals surface area contributed by atoms with E-state index in [1.165, 1.54) is 6.92 Å². The minimum atomic E-state index is -0.274. The lowest BCUT2D eigenvalue weighted by Gasteiger charge is -1.93. The first-order chi connectivity index (χ1) is 8.27. The maximum Gasteiger partial charge on any atom is 0.302 e. The quantitative estimate of drug-likeness (QED) is 0.345. The number of rotatable bonds is 4. The number of esters is 1. The van der Waals surface area contributed by atoms with Crippen LogP contribution in [0.3, 0.4) is 0 Å². The zero-order valence-corrected chi connectivity index (χ0v) is 9.90. The third-order valence-electron chi connectivity index (χ3n) is 1.52. The fourth-order valence-electron chi connectivity index (χ4n) is 0.826. The molecule has 1 N–H and O–H groups in total. The lowest BCUT2D eigenvalue weighted by Crippen LogP contribution is -1.97. The van der Waals surface area contributed by atoms with E-state index in [2.05, 4.69) is 23.7 Å². The highest BCUT2D eigenvalue weighted by atomic mass is 16.5. The molecule has 0 fully saturated rings. The van der Waals surface area contributed by atoms with E-state index >= 15 is 0 Å². The van der Waals surface area contributed by atoms with Crippen molar-refractivity contribution in [3.05, 3.63) is 24.3 Å². The molecule has 0 aromatic rings. The summed E-state index contributed by atoms with van der Waals surface area (Å²) in [6.07, 6.45) is 8.53. The van der Waals surface area contributed by atoms with Gasteiger partial charge in [-0.3, -0.25) is 4.79 Å². The highest BCUT2D eigenvalue weighted by Crippen LogP contribution is 1.89. The van der Waals surface area contributed by atoms with Crippen LogP contribution in [0.4, 0.5) is 0 Å².